The minimum Gasteiger partial charge on any atom is -0.344 e. The van der Waals surface area contributed by atoms with E-state index < -0.39 is 0 Å². The minimum atomic E-state index is -0.335. The second-order valence-corrected chi connectivity index (χ2v) is 13.0. The van der Waals surface area contributed by atoms with Gasteiger partial charge in [-0.05, 0) is 52.6 Å². The van der Waals surface area contributed by atoms with Crippen molar-refractivity contribution in [2.24, 2.45) is 9.98 Å². The third kappa shape index (κ3) is 4.23. The number of hydrogen-bond donors (Lipinski definition) is 1. The summed E-state index contributed by atoms with van der Waals surface area (Å²) in [7, 11) is 0. The average molecular weight is 618 g/mol. The van der Waals surface area contributed by atoms with Crippen molar-refractivity contribution in [3.63, 3.8) is 0 Å². The highest BCUT2D eigenvalue weighted by Gasteiger charge is 2.37. The molecule has 1 unspecified atom stereocenters. The van der Waals surface area contributed by atoms with Crippen molar-refractivity contribution in [1.29, 1.82) is 5.26 Å². The van der Waals surface area contributed by atoms with Crippen LogP contribution < -0.4 is 5.32 Å². The van der Waals surface area contributed by atoms with E-state index in [4.69, 9.17) is 9.98 Å². The van der Waals surface area contributed by atoms with Gasteiger partial charge in [0.1, 0.15) is 12.0 Å². The Kier molecular flexibility index (Phi) is 6.22. The highest BCUT2D eigenvalue weighted by Crippen LogP contribution is 2.52. The van der Waals surface area contributed by atoms with Crippen LogP contribution in [0.25, 0.3) is 38.6 Å². The Morgan fingerprint density at radius 1 is 0.708 bits per heavy atom. The normalized spacial score (nSPS) is 16.1. The maximum absolute atomic E-state index is 9.60. The van der Waals surface area contributed by atoms with Gasteiger partial charge >= 0.3 is 0 Å². The molecule has 0 fully saturated rings. The summed E-state index contributed by atoms with van der Waals surface area (Å²) in [5.74, 6) is 1.32. The van der Waals surface area contributed by atoms with E-state index in [1.165, 1.54) is 38.5 Å². The van der Waals surface area contributed by atoms with E-state index in [2.05, 4.69) is 127 Å². The highest BCUT2D eigenvalue weighted by molar-refractivity contribution is 6.16. The number of amidine groups is 2. The fraction of sp³-hybridized carbons (Fsp3) is 0.0930. The summed E-state index contributed by atoms with van der Waals surface area (Å²) in [5.41, 5.74) is 12.0. The molecule has 5 nitrogen and oxygen atoms in total. The van der Waals surface area contributed by atoms with Crippen molar-refractivity contribution in [1.82, 2.24) is 9.88 Å². The molecule has 1 aliphatic carbocycles. The maximum Gasteiger partial charge on any atom is 0.159 e. The summed E-state index contributed by atoms with van der Waals surface area (Å²) in [6.45, 7) is 4.66. The van der Waals surface area contributed by atoms with Crippen LogP contribution in [-0.2, 0) is 5.41 Å². The summed E-state index contributed by atoms with van der Waals surface area (Å²) >= 11 is 0. The van der Waals surface area contributed by atoms with Crippen molar-refractivity contribution in [3.05, 3.63) is 173 Å². The van der Waals surface area contributed by atoms with Gasteiger partial charge in [-0.1, -0.05) is 123 Å². The van der Waals surface area contributed by atoms with E-state index in [0.29, 0.717) is 17.2 Å². The number of rotatable bonds is 4. The van der Waals surface area contributed by atoms with Crippen molar-refractivity contribution in [2.45, 2.75) is 25.4 Å². The van der Waals surface area contributed by atoms with Crippen LogP contribution in [0.2, 0.25) is 0 Å². The van der Waals surface area contributed by atoms with E-state index in [1.54, 1.807) is 0 Å². The number of benzene rings is 6. The van der Waals surface area contributed by atoms with Gasteiger partial charge in [-0.3, -0.25) is 0 Å². The minimum absolute atomic E-state index is 0.104. The Balaban J connectivity index is 1.27. The second-order valence-electron chi connectivity index (χ2n) is 13.0. The van der Waals surface area contributed by atoms with Crippen molar-refractivity contribution in [3.8, 4) is 22.9 Å². The summed E-state index contributed by atoms with van der Waals surface area (Å²) in [5, 5.41) is 15.6. The third-order valence-electron chi connectivity index (χ3n) is 9.87. The Bertz CT molecular complexity index is 2530. The number of para-hydroxylation sites is 1. The molecule has 7 aromatic rings. The van der Waals surface area contributed by atoms with Crippen molar-refractivity contribution >= 4 is 33.5 Å². The lowest BCUT2D eigenvalue weighted by atomic mass is 9.82. The lowest BCUT2D eigenvalue weighted by molar-refractivity contribution is 0.661. The summed E-state index contributed by atoms with van der Waals surface area (Å²) < 4.78 is 2.42. The number of fused-ring (bicyclic) bond motifs is 7. The molecule has 0 saturated carbocycles. The predicted molar refractivity (Wildman–Crippen MR) is 195 cm³/mol. The molecule has 2 aliphatic rings. The Morgan fingerprint density at radius 3 is 2.35 bits per heavy atom. The molecule has 5 heteroatoms. The van der Waals surface area contributed by atoms with Crippen molar-refractivity contribution < 1.29 is 0 Å². The summed E-state index contributed by atoms with van der Waals surface area (Å²) in [6, 6.07) is 50.7. The number of nitriles is 1. The molecule has 6 aromatic carbocycles. The first kappa shape index (κ1) is 28.0. The first-order valence-electron chi connectivity index (χ1n) is 16.3. The van der Waals surface area contributed by atoms with Crippen LogP contribution in [0.1, 0.15) is 53.4 Å². The number of aromatic nitrogens is 1. The van der Waals surface area contributed by atoms with Gasteiger partial charge in [0, 0.05) is 38.6 Å². The first-order chi connectivity index (χ1) is 23.5. The number of nitrogens with one attached hydrogen (secondary N) is 1. The van der Waals surface area contributed by atoms with Crippen LogP contribution >= 0.6 is 0 Å². The van der Waals surface area contributed by atoms with E-state index in [1.807, 2.05) is 42.5 Å². The molecule has 228 valence electrons. The van der Waals surface area contributed by atoms with Crippen LogP contribution in [-0.4, -0.2) is 16.2 Å². The van der Waals surface area contributed by atoms with E-state index >= 15 is 0 Å². The van der Waals surface area contributed by atoms with Crippen LogP contribution in [0.5, 0.6) is 0 Å². The van der Waals surface area contributed by atoms with Gasteiger partial charge in [0.2, 0.25) is 0 Å². The molecule has 1 N–H and O–H groups in total. The van der Waals surface area contributed by atoms with E-state index in [-0.39, 0.29) is 11.6 Å². The summed E-state index contributed by atoms with van der Waals surface area (Å²) in [4.78, 5) is 10.2. The Morgan fingerprint density at radius 2 is 1.48 bits per heavy atom. The average Bonchev–Trinajstić information content (AvgIpc) is 3.60. The van der Waals surface area contributed by atoms with Gasteiger partial charge in [-0.15, -0.1) is 0 Å². The molecule has 0 radical (unpaired) electrons. The predicted octanol–water partition coefficient (Wildman–Crippen LogP) is 9.46. The topological polar surface area (TPSA) is 65.5 Å². The number of hydrogen-bond acceptors (Lipinski definition) is 4. The van der Waals surface area contributed by atoms with E-state index in [0.717, 1.165) is 27.9 Å². The van der Waals surface area contributed by atoms with Crippen LogP contribution in [0.15, 0.2) is 150 Å². The molecule has 1 atom stereocenters. The summed E-state index contributed by atoms with van der Waals surface area (Å²) in [6.07, 6.45) is -0.335. The molecule has 48 heavy (non-hydrogen) atoms. The SMILES string of the molecule is CC1(C)c2ccccc2-c2c1ccc1c3ccccc3n(-c3cccc(C4=NC(c5ccccc5)NC(c5cccc(C#N)c5)=N4)c3)c21. The number of nitrogens with zero attached hydrogens (tertiary/aromatic N) is 4. The maximum atomic E-state index is 9.60. The number of aliphatic imine (C=N–C) groups is 2. The van der Waals surface area contributed by atoms with E-state index in [9.17, 15) is 5.26 Å². The molecule has 0 saturated heterocycles. The quantitative estimate of drug-likeness (QED) is 0.214. The lowest BCUT2D eigenvalue weighted by Gasteiger charge is -2.24. The van der Waals surface area contributed by atoms with Crippen molar-refractivity contribution in [2.75, 3.05) is 0 Å². The zero-order valence-electron chi connectivity index (χ0n) is 26.6. The molecule has 2 heterocycles. The van der Waals surface area contributed by atoms with Crippen LogP contribution in [0.4, 0.5) is 0 Å². The molecule has 0 bridgehead atoms. The Hall–Kier alpha value is -6.25. The van der Waals surface area contributed by atoms with Gasteiger partial charge in [-0.25, -0.2) is 9.98 Å². The zero-order chi connectivity index (χ0) is 32.4. The highest BCUT2D eigenvalue weighted by atomic mass is 15.2. The van der Waals surface area contributed by atoms with Crippen LogP contribution in [0.3, 0.4) is 0 Å². The fourth-order valence-corrected chi connectivity index (χ4v) is 7.56. The molecule has 0 spiro atoms. The molecule has 9 rings (SSSR count). The molecule has 1 aliphatic heterocycles. The van der Waals surface area contributed by atoms with Gasteiger partial charge in [0.05, 0.1) is 22.7 Å². The molecule has 0 amide bonds. The standard InChI is InChI=1S/C43H31N5/c1-43(2)35-20-8-6-19-34(35)38-36(43)23-22-33-32-18-7-9-21-37(32)48(39(33)38)31-17-11-16-30(25-31)42-46-40(28-13-4-3-5-14-28)45-41(47-42)29-15-10-12-27(24-29)26-44/h3-25,40H,1-2H3,(H,45,46,47). The van der Waals surface area contributed by atoms with Gasteiger partial charge < -0.3 is 9.88 Å². The first-order valence-corrected chi connectivity index (χ1v) is 16.3. The fourth-order valence-electron chi connectivity index (χ4n) is 7.56. The Labute approximate surface area is 279 Å². The van der Waals surface area contributed by atoms with Crippen LogP contribution in [0, 0.1) is 11.3 Å². The van der Waals surface area contributed by atoms with Gasteiger partial charge in [-0.2, -0.15) is 5.26 Å². The van der Waals surface area contributed by atoms with Gasteiger partial charge in [0.15, 0.2) is 5.84 Å². The zero-order valence-corrected chi connectivity index (χ0v) is 26.6. The largest absolute Gasteiger partial charge is 0.344 e. The monoisotopic (exact) mass is 617 g/mol. The molecular weight excluding hydrogens is 587 g/mol. The lowest BCUT2D eigenvalue weighted by Crippen LogP contribution is -2.33. The molecular formula is C43H31N5. The second kappa shape index (κ2) is 10.7. The third-order valence-corrected chi connectivity index (χ3v) is 9.87. The smallest absolute Gasteiger partial charge is 0.159 e. The van der Waals surface area contributed by atoms with Gasteiger partial charge in [0.25, 0.3) is 0 Å². The molecule has 1 aromatic heterocycles.